The lowest BCUT2D eigenvalue weighted by Crippen LogP contribution is -2.55. The minimum Gasteiger partial charge on any atom is -0.486 e. The summed E-state index contributed by atoms with van der Waals surface area (Å²) in [4.78, 5) is 18.5. The maximum atomic E-state index is 13.8. The van der Waals surface area contributed by atoms with Crippen LogP contribution in [0.15, 0.2) is 39.5 Å². The average Bonchev–Trinajstić information content (AvgIpc) is 2.89. The highest BCUT2D eigenvalue weighted by molar-refractivity contribution is 6.00. The van der Waals surface area contributed by atoms with Crippen LogP contribution in [0.4, 0.5) is 5.69 Å². The van der Waals surface area contributed by atoms with Gasteiger partial charge in [-0.25, -0.2) is 0 Å². The molecule has 1 aliphatic heterocycles. The second-order valence-electron chi connectivity index (χ2n) is 10.4. The predicted molar refractivity (Wildman–Crippen MR) is 176 cm³/mol. The van der Waals surface area contributed by atoms with Gasteiger partial charge in [-0.1, -0.05) is 39.8 Å². The van der Waals surface area contributed by atoms with Gasteiger partial charge in [0.1, 0.15) is 22.5 Å². The molecule has 0 bridgehead atoms. The van der Waals surface area contributed by atoms with Crippen LogP contribution in [0, 0.1) is 0 Å². The Kier molecular flexibility index (Phi) is 14.6. The zero-order chi connectivity index (χ0) is 26.6. The van der Waals surface area contributed by atoms with E-state index in [0.717, 1.165) is 75.8 Å². The summed E-state index contributed by atoms with van der Waals surface area (Å²) < 4.78 is 13.1. The Labute approximate surface area is 257 Å². The van der Waals surface area contributed by atoms with E-state index >= 15 is 0 Å². The molecule has 3 aromatic rings. The number of fused-ring (bicyclic) bond motifs is 4. The zero-order valence-electron chi connectivity index (χ0n) is 24.7. The molecule has 4 rings (SSSR count). The lowest BCUT2D eigenvalue weighted by Gasteiger charge is -2.41. The van der Waals surface area contributed by atoms with Crippen molar-refractivity contribution in [2.24, 2.45) is 0 Å². The molecule has 1 aromatic heterocycles. The van der Waals surface area contributed by atoms with Crippen molar-refractivity contribution in [2.75, 3.05) is 57.7 Å². The van der Waals surface area contributed by atoms with Gasteiger partial charge in [0.15, 0.2) is 0 Å². The molecular weight excluding hydrogens is 571 g/mol. The number of para-hydroxylation sites is 1. The monoisotopic (exact) mass is 616 g/mol. The summed E-state index contributed by atoms with van der Waals surface area (Å²) in [6, 6.07) is 9.62. The number of benzene rings is 2. The minimum absolute atomic E-state index is 0. The Hall–Kier alpha value is -1.74. The highest BCUT2D eigenvalue weighted by Crippen LogP contribution is 2.41. The largest absolute Gasteiger partial charge is 0.486 e. The van der Waals surface area contributed by atoms with Crippen LogP contribution >= 0.6 is 37.2 Å². The van der Waals surface area contributed by atoms with Gasteiger partial charge in [0, 0.05) is 37.8 Å². The predicted octanol–water partition coefficient (Wildman–Crippen LogP) is 5.98. The zero-order valence-corrected chi connectivity index (χ0v) is 27.1. The molecule has 10 heteroatoms. The van der Waals surface area contributed by atoms with Crippen LogP contribution < -0.4 is 20.8 Å². The van der Waals surface area contributed by atoms with Crippen molar-refractivity contribution < 1.29 is 9.15 Å². The molecule has 1 atom stereocenters. The number of nitrogens with one attached hydrogen (secondary N) is 2. The number of anilines is 1. The molecular formula is C30H47Cl3N4O3. The van der Waals surface area contributed by atoms with Crippen LogP contribution in [0.3, 0.4) is 0 Å². The molecule has 0 radical (unpaired) electrons. The van der Waals surface area contributed by atoms with Gasteiger partial charge in [0.05, 0.1) is 22.5 Å². The summed E-state index contributed by atoms with van der Waals surface area (Å²) in [5, 5.41) is 8.49. The molecule has 7 nitrogen and oxygen atoms in total. The molecule has 2 heterocycles. The topological polar surface area (TPSA) is 70.0 Å². The number of ether oxygens (including phenoxy) is 1. The lowest BCUT2D eigenvalue weighted by molar-refractivity contribution is 0.0478. The van der Waals surface area contributed by atoms with E-state index in [1.165, 1.54) is 0 Å². The standard InChI is InChI=1S/C30H44N4O3.3ClH/c1-7-33(8-2)17-15-31-23-20-25-22(29-27(23)28(35)21-13-11-12-14-24(21)36-29)19-26(30(5,6)37-25)32-16-18-34(9-3)10-4;;;/h11-14,20,26,31-32H,7-10,15-19H2,1-6H3;3*1H. The van der Waals surface area contributed by atoms with Crippen LogP contribution in [-0.4, -0.2) is 73.8 Å². The normalized spacial score (nSPS) is 15.7. The molecule has 1 aliphatic rings. The average molecular weight is 618 g/mol. The molecule has 2 aromatic carbocycles. The van der Waals surface area contributed by atoms with E-state index in [-0.39, 0.29) is 48.7 Å². The fourth-order valence-corrected chi connectivity index (χ4v) is 5.37. The summed E-state index contributed by atoms with van der Waals surface area (Å²) in [6.45, 7) is 20.6. The van der Waals surface area contributed by atoms with E-state index in [1.54, 1.807) is 0 Å². The smallest absolute Gasteiger partial charge is 0.202 e. The number of halogens is 3. The highest BCUT2D eigenvalue weighted by atomic mass is 35.5. The Balaban J connectivity index is 0.00000267. The van der Waals surface area contributed by atoms with Gasteiger partial charge < -0.3 is 29.6 Å². The van der Waals surface area contributed by atoms with Gasteiger partial charge in [0.2, 0.25) is 5.43 Å². The first-order valence-electron chi connectivity index (χ1n) is 13.9. The molecule has 0 aliphatic carbocycles. The fraction of sp³-hybridized carbons (Fsp3) is 0.567. The Bertz CT molecular complexity index is 1280. The van der Waals surface area contributed by atoms with E-state index in [0.29, 0.717) is 21.9 Å². The van der Waals surface area contributed by atoms with Crippen LogP contribution in [-0.2, 0) is 6.42 Å². The van der Waals surface area contributed by atoms with Gasteiger partial charge in [-0.2, -0.15) is 0 Å². The number of likely N-dealkylation sites (N-methyl/N-ethyl adjacent to an activating group) is 2. The van der Waals surface area contributed by atoms with Crippen LogP contribution in [0.2, 0.25) is 0 Å². The second kappa shape index (κ2) is 16.0. The van der Waals surface area contributed by atoms with Crippen LogP contribution in [0.5, 0.6) is 5.75 Å². The first kappa shape index (κ1) is 36.3. The van der Waals surface area contributed by atoms with E-state index in [9.17, 15) is 4.79 Å². The maximum absolute atomic E-state index is 13.8. The van der Waals surface area contributed by atoms with Crippen molar-refractivity contribution in [3.63, 3.8) is 0 Å². The van der Waals surface area contributed by atoms with Gasteiger partial charge >= 0.3 is 0 Å². The first-order valence-corrected chi connectivity index (χ1v) is 13.9. The Morgan fingerprint density at radius 2 is 1.52 bits per heavy atom. The van der Waals surface area contributed by atoms with Crippen molar-refractivity contribution in [3.8, 4) is 5.75 Å². The van der Waals surface area contributed by atoms with Crippen molar-refractivity contribution >= 4 is 64.8 Å². The first-order chi connectivity index (χ1) is 17.8. The van der Waals surface area contributed by atoms with E-state index < -0.39 is 5.60 Å². The fourth-order valence-electron chi connectivity index (χ4n) is 5.37. The number of hydrogen-bond acceptors (Lipinski definition) is 7. The molecule has 2 N–H and O–H groups in total. The minimum atomic E-state index is -0.403. The second-order valence-corrected chi connectivity index (χ2v) is 10.4. The van der Waals surface area contributed by atoms with E-state index in [1.807, 2.05) is 30.3 Å². The SMILES string of the molecule is CCN(CC)CCNc1cc2c(c3oc4ccccc4c(=O)c13)CC(NCCN(CC)CC)C(C)(C)O2.Cl.Cl.Cl. The van der Waals surface area contributed by atoms with Crippen LogP contribution in [0.25, 0.3) is 21.9 Å². The Morgan fingerprint density at radius 1 is 0.925 bits per heavy atom. The molecule has 0 fully saturated rings. The van der Waals surface area contributed by atoms with Gasteiger partial charge in [-0.3, -0.25) is 4.79 Å². The third kappa shape index (κ3) is 7.75. The van der Waals surface area contributed by atoms with Crippen molar-refractivity contribution in [1.29, 1.82) is 0 Å². The van der Waals surface area contributed by atoms with E-state index in [4.69, 9.17) is 9.15 Å². The summed E-state index contributed by atoms with van der Waals surface area (Å²) in [5.41, 5.74) is 2.59. The van der Waals surface area contributed by atoms with Gasteiger partial charge in [-0.05, 0) is 58.6 Å². The third-order valence-electron chi connectivity index (χ3n) is 7.89. The molecule has 226 valence electrons. The molecule has 0 amide bonds. The van der Waals surface area contributed by atoms with Gasteiger partial charge in [-0.15, -0.1) is 37.2 Å². The third-order valence-corrected chi connectivity index (χ3v) is 7.89. The maximum Gasteiger partial charge on any atom is 0.202 e. The number of hydrogen-bond donors (Lipinski definition) is 2. The lowest BCUT2D eigenvalue weighted by atomic mass is 9.87. The van der Waals surface area contributed by atoms with Crippen molar-refractivity contribution in [3.05, 3.63) is 46.1 Å². The molecule has 0 saturated carbocycles. The van der Waals surface area contributed by atoms with Crippen LogP contribution in [0.1, 0.15) is 47.1 Å². The molecule has 0 spiro atoms. The molecule has 1 unspecified atom stereocenters. The quantitative estimate of drug-likeness (QED) is 0.242. The number of nitrogens with zero attached hydrogens (tertiary/aromatic N) is 2. The molecule has 40 heavy (non-hydrogen) atoms. The van der Waals surface area contributed by atoms with Crippen molar-refractivity contribution in [1.82, 2.24) is 15.1 Å². The summed E-state index contributed by atoms with van der Waals surface area (Å²) >= 11 is 0. The van der Waals surface area contributed by atoms with Crippen molar-refractivity contribution in [2.45, 2.75) is 59.6 Å². The summed E-state index contributed by atoms with van der Waals surface area (Å²) in [7, 11) is 0. The van der Waals surface area contributed by atoms with Gasteiger partial charge in [0.25, 0.3) is 0 Å². The highest BCUT2D eigenvalue weighted by Gasteiger charge is 2.38. The summed E-state index contributed by atoms with van der Waals surface area (Å²) in [5.74, 6) is 0.795. The Morgan fingerprint density at radius 3 is 2.15 bits per heavy atom. The van der Waals surface area contributed by atoms with E-state index in [2.05, 4.69) is 62.0 Å². The molecule has 0 saturated heterocycles. The number of rotatable bonds is 12. The summed E-state index contributed by atoms with van der Waals surface area (Å²) in [6.07, 6.45) is 0.734.